The Hall–Kier alpha value is -0.430. The molecule has 20 heavy (non-hydrogen) atoms. The molecule has 3 fully saturated rings. The van der Waals surface area contributed by atoms with Gasteiger partial charge in [0.25, 0.3) is 0 Å². The number of ether oxygens (including phenoxy) is 1. The number of rotatable bonds is 0. The van der Waals surface area contributed by atoms with Crippen molar-refractivity contribution < 1.29 is 31.8 Å². The first-order valence-corrected chi connectivity index (χ1v) is 6.83. The van der Waals surface area contributed by atoms with Crippen LogP contribution in [0.2, 0.25) is 0 Å². The van der Waals surface area contributed by atoms with E-state index in [2.05, 4.69) is 4.74 Å². The molecule has 0 spiro atoms. The van der Waals surface area contributed by atoms with E-state index in [4.69, 9.17) is 0 Å². The average Bonchev–Trinajstić information content (AvgIpc) is 2.82. The third-order valence-electron chi connectivity index (χ3n) is 5.94. The van der Waals surface area contributed by atoms with Gasteiger partial charge in [-0.15, -0.1) is 0 Å². The molecule has 7 atom stereocenters. The number of hydrogen-bond donors (Lipinski definition) is 1. The zero-order chi connectivity index (χ0) is 15.1. The van der Waals surface area contributed by atoms with Crippen LogP contribution in [0.3, 0.4) is 0 Å². The summed E-state index contributed by atoms with van der Waals surface area (Å²) in [5.74, 6) is -11.1. The summed E-state index contributed by atoms with van der Waals surface area (Å²) < 4.78 is 71.5. The first-order valence-electron chi connectivity index (χ1n) is 6.83. The van der Waals surface area contributed by atoms with Crippen molar-refractivity contribution in [3.8, 4) is 0 Å². The van der Waals surface area contributed by atoms with Crippen LogP contribution in [0.5, 0.6) is 0 Å². The van der Waals surface area contributed by atoms with Crippen LogP contribution in [0.25, 0.3) is 0 Å². The Bertz CT molecular complexity index is 421. The van der Waals surface area contributed by atoms with Crippen LogP contribution in [0.4, 0.5) is 22.0 Å². The minimum atomic E-state index is -5.50. The lowest BCUT2D eigenvalue weighted by molar-refractivity contribution is -0.463. The van der Waals surface area contributed by atoms with Crippen molar-refractivity contribution in [2.75, 3.05) is 6.61 Å². The minimum Gasteiger partial charge on any atom is -0.354 e. The van der Waals surface area contributed by atoms with E-state index in [1.165, 1.54) is 0 Å². The first-order chi connectivity index (χ1) is 9.02. The third-order valence-corrected chi connectivity index (χ3v) is 5.94. The molecule has 0 aromatic rings. The Labute approximate surface area is 113 Å². The zero-order valence-corrected chi connectivity index (χ0v) is 11.1. The van der Waals surface area contributed by atoms with Crippen LogP contribution in [0, 0.1) is 35.5 Å². The van der Waals surface area contributed by atoms with Gasteiger partial charge in [0.1, 0.15) is 0 Å². The summed E-state index contributed by atoms with van der Waals surface area (Å²) in [6.45, 7) is 3.31. The van der Waals surface area contributed by atoms with E-state index in [0.717, 1.165) is 0 Å². The van der Waals surface area contributed by atoms with Gasteiger partial charge >= 0.3 is 17.9 Å². The Balaban J connectivity index is 2.00. The molecule has 0 aromatic heterocycles. The van der Waals surface area contributed by atoms with Crippen molar-refractivity contribution in [1.29, 1.82) is 0 Å². The summed E-state index contributed by atoms with van der Waals surface area (Å²) in [5, 5.41) is 9.47. The fourth-order valence-corrected chi connectivity index (χ4v) is 4.72. The summed E-state index contributed by atoms with van der Waals surface area (Å²) in [7, 11) is 0. The first kappa shape index (κ1) is 14.5. The highest BCUT2D eigenvalue weighted by molar-refractivity contribution is 5.13. The number of halogens is 5. The van der Waals surface area contributed by atoms with Gasteiger partial charge in [-0.1, -0.05) is 13.8 Å². The maximum atomic E-state index is 14.4. The van der Waals surface area contributed by atoms with Gasteiger partial charge in [-0.05, 0) is 36.0 Å². The van der Waals surface area contributed by atoms with E-state index in [1.54, 1.807) is 0 Å². The highest BCUT2D eigenvalue weighted by Gasteiger charge is 2.79. The fraction of sp³-hybridized carbons (Fsp3) is 1.00. The smallest absolute Gasteiger partial charge is 0.354 e. The molecule has 1 heterocycles. The van der Waals surface area contributed by atoms with Gasteiger partial charge in [-0.2, -0.15) is 22.0 Å². The van der Waals surface area contributed by atoms with Crippen LogP contribution >= 0.6 is 0 Å². The van der Waals surface area contributed by atoms with E-state index in [-0.39, 0.29) is 17.8 Å². The predicted molar refractivity (Wildman–Crippen MR) is 58.8 cm³/mol. The molecule has 0 aromatic carbocycles. The van der Waals surface area contributed by atoms with Gasteiger partial charge in [0.15, 0.2) is 0 Å². The molecular weight excluding hydrogens is 283 g/mol. The maximum absolute atomic E-state index is 14.4. The Morgan fingerprint density at radius 2 is 1.60 bits per heavy atom. The Morgan fingerprint density at radius 3 is 2.15 bits per heavy atom. The van der Waals surface area contributed by atoms with Crippen LogP contribution in [-0.2, 0) is 4.74 Å². The lowest BCUT2D eigenvalue weighted by Gasteiger charge is -2.51. The van der Waals surface area contributed by atoms with Crippen molar-refractivity contribution in [2.45, 2.75) is 38.2 Å². The fourth-order valence-electron chi connectivity index (χ4n) is 4.72. The van der Waals surface area contributed by atoms with Crippen LogP contribution < -0.4 is 0 Å². The standard InChI is InChI=1S/C13H17F5O2/c1-5-6(2)8-3-7(5)9-4-20-12(19,13(16,17)18)11(14,15)10(8)9/h5-10,19H,3-4H2,1-2H3. The van der Waals surface area contributed by atoms with Crippen molar-refractivity contribution in [2.24, 2.45) is 35.5 Å². The van der Waals surface area contributed by atoms with Gasteiger partial charge in [0.05, 0.1) is 6.61 Å². The lowest BCUT2D eigenvalue weighted by atomic mass is 9.65. The zero-order valence-electron chi connectivity index (χ0n) is 11.1. The third kappa shape index (κ3) is 1.46. The van der Waals surface area contributed by atoms with Crippen LogP contribution in [-0.4, -0.2) is 29.6 Å². The van der Waals surface area contributed by atoms with E-state index >= 15 is 0 Å². The molecule has 3 rings (SSSR count). The van der Waals surface area contributed by atoms with Crippen molar-refractivity contribution in [3.05, 3.63) is 0 Å². The summed E-state index contributed by atoms with van der Waals surface area (Å²) in [6, 6.07) is 0. The molecular formula is C13H17F5O2. The monoisotopic (exact) mass is 300 g/mol. The largest absolute Gasteiger partial charge is 0.449 e. The van der Waals surface area contributed by atoms with E-state index in [0.29, 0.717) is 6.42 Å². The Morgan fingerprint density at radius 1 is 1.05 bits per heavy atom. The summed E-state index contributed by atoms with van der Waals surface area (Å²) in [6.07, 6.45) is -5.00. The molecule has 1 saturated heterocycles. The molecule has 2 bridgehead atoms. The summed E-state index contributed by atoms with van der Waals surface area (Å²) >= 11 is 0. The predicted octanol–water partition coefficient (Wildman–Crippen LogP) is 3.06. The molecule has 116 valence electrons. The maximum Gasteiger partial charge on any atom is 0.449 e. The average molecular weight is 300 g/mol. The molecule has 0 radical (unpaired) electrons. The molecule has 3 aliphatic rings. The van der Waals surface area contributed by atoms with Gasteiger partial charge < -0.3 is 9.84 Å². The van der Waals surface area contributed by atoms with Gasteiger partial charge in [0, 0.05) is 5.92 Å². The van der Waals surface area contributed by atoms with Gasteiger partial charge in [-0.3, -0.25) is 0 Å². The van der Waals surface area contributed by atoms with Gasteiger partial charge in [-0.25, -0.2) is 0 Å². The van der Waals surface area contributed by atoms with Crippen molar-refractivity contribution in [3.63, 3.8) is 0 Å². The summed E-state index contributed by atoms with van der Waals surface area (Å²) in [5.41, 5.74) is 0. The van der Waals surface area contributed by atoms with Crippen LogP contribution in [0.15, 0.2) is 0 Å². The molecule has 1 N–H and O–H groups in total. The molecule has 7 unspecified atom stereocenters. The molecule has 1 aliphatic heterocycles. The molecule has 2 nitrogen and oxygen atoms in total. The summed E-state index contributed by atoms with van der Waals surface area (Å²) in [4.78, 5) is 0. The van der Waals surface area contributed by atoms with Crippen molar-refractivity contribution in [1.82, 2.24) is 0 Å². The highest BCUT2D eigenvalue weighted by atomic mass is 19.4. The normalized spacial score (nSPS) is 54.0. The second-order valence-corrected chi connectivity index (χ2v) is 6.55. The highest BCUT2D eigenvalue weighted by Crippen LogP contribution is 2.66. The Kier molecular flexibility index (Phi) is 2.79. The second kappa shape index (κ2) is 3.85. The van der Waals surface area contributed by atoms with Crippen LogP contribution in [0.1, 0.15) is 20.3 Å². The number of alkyl halides is 5. The quantitative estimate of drug-likeness (QED) is 0.697. The SMILES string of the molecule is CC1C(C)C2CC1C1COC(O)(C(F)(F)F)C(F)(F)C21. The number of fused-ring (bicyclic) bond motifs is 5. The number of aliphatic hydroxyl groups is 1. The second-order valence-electron chi connectivity index (χ2n) is 6.55. The molecule has 2 saturated carbocycles. The lowest BCUT2D eigenvalue weighted by Crippen LogP contribution is -2.69. The topological polar surface area (TPSA) is 29.5 Å². The molecule has 2 aliphatic carbocycles. The van der Waals surface area contributed by atoms with Gasteiger partial charge in [0.2, 0.25) is 0 Å². The minimum absolute atomic E-state index is 0.0383. The molecule has 0 amide bonds. The number of hydrogen-bond acceptors (Lipinski definition) is 2. The van der Waals surface area contributed by atoms with E-state index in [9.17, 15) is 27.1 Å². The van der Waals surface area contributed by atoms with Crippen molar-refractivity contribution >= 4 is 0 Å². The van der Waals surface area contributed by atoms with E-state index in [1.807, 2.05) is 13.8 Å². The molecule has 7 heteroatoms. The van der Waals surface area contributed by atoms with E-state index < -0.39 is 42.2 Å².